The van der Waals surface area contributed by atoms with E-state index in [1.807, 2.05) is 31.2 Å². The van der Waals surface area contributed by atoms with Crippen LogP contribution in [0.4, 0.5) is 5.69 Å². The van der Waals surface area contributed by atoms with E-state index >= 15 is 0 Å². The van der Waals surface area contributed by atoms with Crippen LogP contribution in [-0.2, 0) is 4.79 Å². The number of fused-ring (bicyclic) bond motifs is 1. The third kappa shape index (κ3) is 3.55. The number of rotatable bonds is 5. The summed E-state index contributed by atoms with van der Waals surface area (Å²) in [7, 11) is 0. The van der Waals surface area contributed by atoms with Gasteiger partial charge in [-0.15, -0.1) is 0 Å². The number of carboxylic acid groups (broad SMARTS) is 1. The zero-order valence-corrected chi connectivity index (χ0v) is 13.7. The average Bonchev–Trinajstić information content (AvgIpc) is 2.60. The van der Waals surface area contributed by atoms with Crippen LogP contribution in [0.5, 0.6) is 0 Å². The van der Waals surface area contributed by atoms with Gasteiger partial charge >= 0.3 is 11.6 Å². The van der Waals surface area contributed by atoms with Crippen molar-refractivity contribution in [2.75, 3.05) is 18.4 Å². The quantitative estimate of drug-likeness (QED) is 0.718. The number of hydrogen-bond donors (Lipinski definition) is 1. The summed E-state index contributed by atoms with van der Waals surface area (Å²) in [5.74, 6) is -1.09. The number of nitrogens with zero attached hydrogens (tertiary/aromatic N) is 1. The Hall–Kier alpha value is -3.08. The summed E-state index contributed by atoms with van der Waals surface area (Å²) in [4.78, 5) is 24.0. The van der Waals surface area contributed by atoms with Gasteiger partial charge in [0, 0.05) is 46.4 Å². The van der Waals surface area contributed by atoms with E-state index < -0.39 is 18.6 Å². The average molecular weight is 340 g/mol. The van der Waals surface area contributed by atoms with Crippen molar-refractivity contribution in [2.45, 2.75) is 13.3 Å². The fourth-order valence-corrected chi connectivity index (χ4v) is 2.75. The molecule has 128 valence electrons. The predicted octanol–water partition coefficient (Wildman–Crippen LogP) is 3.68. The van der Waals surface area contributed by atoms with Gasteiger partial charge in [0.05, 0.1) is 6.42 Å². The molecule has 5 heteroatoms. The fourth-order valence-electron chi connectivity index (χ4n) is 2.75. The van der Waals surface area contributed by atoms with Crippen molar-refractivity contribution in [1.29, 1.82) is 0 Å². The number of anilines is 1. The van der Waals surface area contributed by atoms with E-state index in [4.69, 9.17) is 13.6 Å². The summed E-state index contributed by atoms with van der Waals surface area (Å²) in [6.45, 7) is -0.789. The first-order valence-corrected chi connectivity index (χ1v) is 7.80. The van der Waals surface area contributed by atoms with E-state index in [0.717, 1.165) is 16.0 Å². The van der Waals surface area contributed by atoms with Gasteiger partial charge in [-0.3, -0.25) is 4.79 Å². The number of aryl methyl sites for hydroxylation is 1. The number of carboxylic acids is 1. The predicted molar refractivity (Wildman–Crippen MR) is 98.2 cm³/mol. The number of carbonyl (C=O) groups is 1. The Morgan fingerprint density at radius 1 is 1.20 bits per heavy atom. The summed E-state index contributed by atoms with van der Waals surface area (Å²) in [6, 6.07) is 13.8. The van der Waals surface area contributed by atoms with Gasteiger partial charge in [-0.25, -0.2) is 4.79 Å². The standard InChI is InChI=1S/C20H19NO4/c1-13-5-3-4-6-15(13)17-12-20(24)25-18-11-14(7-8-16(17)18)21(2)10-9-19(22)23/h3-8,11-12H,9-10H2,1-2H3,(H,22,23)/i2D3. The molecule has 1 N–H and O–H groups in total. The highest BCUT2D eigenvalue weighted by Crippen LogP contribution is 2.31. The van der Waals surface area contributed by atoms with Gasteiger partial charge in [0.15, 0.2) is 0 Å². The molecule has 2 aromatic carbocycles. The molecule has 0 radical (unpaired) electrons. The molecule has 0 amide bonds. The Morgan fingerprint density at radius 2 is 2.00 bits per heavy atom. The minimum absolute atomic E-state index is 0.195. The largest absolute Gasteiger partial charge is 0.481 e. The van der Waals surface area contributed by atoms with Crippen LogP contribution >= 0.6 is 0 Å². The smallest absolute Gasteiger partial charge is 0.336 e. The Balaban J connectivity index is 2.15. The second-order valence-corrected chi connectivity index (χ2v) is 5.77. The molecule has 0 spiro atoms. The third-order valence-electron chi connectivity index (χ3n) is 4.02. The molecule has 3 rings (SSSR count). The molecule has 1 heterocycles. The van der Waals surface area contributed by atoms with E-state index in [1.165, 1.54) is 12.1 Å². The van der Waals surface area contributed by atoms with E-state index in [-0.39, 0.29) is 24.2 Å². The lowest BCUT2D eigenvalue weighted by molar-refractivity contribution is -0.136. The highest BCUT2D eigenvalue weighted by molar-refractivity contribution is 5.95. The van der Waals surface area contributed by atoms with Crippen LogP contribution in [-0.4, -0.2) is 24.6 Å². The molecule has 1 aromatic heterocycles. The van der Waals surface area contributed by atoms with Crippen LogP contribution in [0.3, 0.4) is 0 Å². The SMILES string of the molecule is [2H]C([2H])([2H])N(CCC(=O)O)c1ccc2c(-c3ccccc3C)cc(=O)oc2c1. The maximum Gasteiger partial charge on any atom is 0.336 e. The summed E-state index contributed by atoms with van der Waals surface area (Å²) in [6.07, 6.45) is -0.330. The summed E-state index contributed by atoms with van der Waals surface area (Å²) >= 11 is 0. The second kappa shape index (κ2) is 6.81. The first kappa shape index (κ1) is 13.2. The second-order valence-electron chi connectivity index (χ2n) is 5.77. The molecule has 3 aromatic rings. The molecule has 0 aliphatic rings. The molecule has 0 aliphatic heterocycles. The zero-order valence-electron chi connectivity index (χ0n) is 16.7. The van der Waals surface area contributed by atoms with Crippen LogP contribution < -0.4 is 10.5 Å². The van der Waals surface area contributed by atoms with Gasteiger partial charge < -0.3 is 14.4 Å². The minimum atomic E-state index is -2.53. The fraction of sp³-hybridized carbons (Fsp3) is 0.200. The molecular formula is C20H19NO4. The highest BCUT2D eigenvalue weighted by Gasteiger charge is 2.12. The van der Waals surface area contributed by atoms with Crippen molar-refractivity contribution in [3.8, 4) is 11.1 Å². The monoisotopic (exact) mass is 340 g/mol. The molecule has 0 unspecified atom stereocenters. The topological polar surface area (TPSA) is 70.8 Å². The van der Waals surface area contributed by atoms with E-state index in [2.05, 4.69) is 0 Å². The van der Waals surface area contributed by atoms with Crippen LogP contribution in [0.1, 0.15) is 16.1 Å². The highest BCUT2D eigenvalue weighted by atomic mass is 16.4. The lowest BCUT2D eigenvalue weighted by Crippen LogP contribution is -2.20. The van der Waals surface area contributed by atoms with Crippen LogP contribution in [0.25, 0.3) is 22.1 Å². The van der Waals surface area contributed by atoms with Crippen molar-refractivity contribution < 1.29 is 18.4 Å². The maximum absolute atomic E-state index is 12.1. The van der Waals surface area contributed by atoms with Crippen molar-refractivity contribution in [3.05, 3.63) is 64.5 Å². The Bertz CT molecular complexity index is 1090. The van der Waals surface area contributed by atoms with Crippen LogP contribution in [0.2, 0.25) is 0 Å². The molecule has 0 atom stereocenters. The van der Waals surface area contributed by atoms with Crippen LogP contribution in [0.15, 0.2) is 57.7 Å². The summed E-state index contributed by atoms with van der Waals surface area (Å²) in [5.41, 5.74) is 2.53. The van der Waals surface area contributed by atoms with Gasteiger partial charge in [-0.2, -0.15) is 0 Å². The Morgan fingerprint density at radius 3 is 2.72 bits per heavy atom. The molecular weight excluding hydrogens is 318 g/mol. The van der Waals surface area contributed by atoms with E-state index in [0.29, 0.717) is 10.9 Å². The van der Waals surface area contributed by atoms with Gasteiger partial charge in [0.25, 0.3) is 0 Å². The van der Waals surface area contributed by atoms with Crippen molar-refractivity contribution in [3.63, 3.8) is 0 Å². The lowest BCUT2D eigenvalue weighted by Gasteiger charge is -2.19. The van der Waals surface area contributed by atoms with Crippen molar-refractivity contribution in [1.82, 2.24) is 0 Å². The first-order chi connectivity index (χ1) is 13.2. The zero-order chi connectivity index (χ0) is 20.5. The van der Waals surface area contributed by atoms with Crippen molar-refractivity contribution in [2.24, 2.45) is 0 Å². The minimum Gasteiger partial charge on any atom is -0.481 e. The number of benzene rings is 2. The van der Waals surface area contributed by atoms with E-state index in [9.17, 15) is 9.59 Å². The van der Waals surface area contributed by atoms with E-state index in [1.54, 1.807) is 12.1 Å². The van der Waals surface area contributed by atoms with Crippen LogP contribution in [0, 0.1) is 6.92 Å². The molecule has 0 saturated heterocycles. The van der Waals surface area contributed by atoms with Crippen molar-refractivity contribution >= 4 is 22.6 Å². The number of aliphatic carboxylic acids is 1. The van der Waals surface area contributed by atoms with Gasteiger partial charge in [0.1, 0.15) is 5.58 Å². The molecule has 5 nitrogen and oxygen atoms in total. The molecule has 25 heavy (non-hydrogen) atoms. The Kier molecular flexibility index (Phi) is 3.60. The summed E-state index contributed by atoms with van der Waals surface area (Å²) in [5, 5.41) is 9.57. The third-order valence-corrected chi connectivity index (χ3v) is 4.02. The molecule has 0 aliphatic carbocycles. The van der Waals surface area contributed by atoms with Gasteiger partial charge in [-0.1, -0.05) is 24.3 Å². The van der Waals surface area contributed by atoms with Gasteiger partial charge in [-0.05, 0) is 30.2 Å². The lowest BCUT2D eigenvalue weighted by atomic mass is 9.98. The first-order valence-electron chi connectivity index (χ1n) is 9.30. The summed E-state index contributed by atoms with van der Waals surface area (Å²) < 4.78 is 28.4. The molecule has 0 fully saturated rings. The normalized spacial score (nSPS) is 13.1. The molecule has 0 saturated carbocycles. The Labute approximate surface area is 149 Å². The maximum atomic E-state index is 12.1. The number of hydrogen-bond acceptors (Lipinski definition) is 4. The van der Waals surface area contributed by atoms with Gasteiger partial charge in [0.2, 0.25) is 0 Å². The molecule has 0 bridgehead atoms.